The first-order valence-electron chi connectivity index (χ1n) is 14.8. The quantitative estimate of drug-likeness (QED) is 0.222. The Bertz CT molecular complexity index is 1680. The molecule has 0 N–H and O–H groups in total. The summed E-state index contributed by atoms with van der Waals surface area (Å²) in [7, 11) is 3.15. The van der Waals surface area contributed by atoms with Crippen LogP contribution in [0.25, 0.3) is 11.3 Å². The van der Waals surface area contributed by atoms with Crippen LogP contribution >= 0.6 is 0 Å². The smallest absolute Gasteiger partial charge is 0.256 e. The second-order valence-corrected chi connectivity index (χ2v) is 12.3. The molecule has 7 nitrogen and oxygen atoms in total. The van der Waals surface area contributed by atoms with Gasteiger partial charge in [0.2, 0.25) is 0 Å². The Morgan fingerprint density at radius 1 is 0.909 bits per heavy atom. The van der Waals surface area contributed by atoms with Crippen molar-refractivity contribution in [2.45, 2.75) is 46.2 Å². The third kappa shape index (κ3) is 5.83. The number of fused-ring (bicyclic) bond motifs is 1. The van der Waals surface area contributed by atoms with Gasteiger partial charge in [0.05, 0.1) is 61.7 Å². The summed E-state index contributed by atoms with van der Waals surface area (Å²) in [5.74, 6) is -0.380. The number of hydrogen-bond acceptors (Lipinski definition) is 6. The molecule has 9 heteroatoms. The van der Waals surface area contributed by atoms with Crippen LogP contribution in [0.4, 0.5) is 14.5 Å². The number of amides is 1. The molecule has 0 unspecified atom stereocenters. The molecule has 6 rings (SSSR count). The van der Waals surface area contributed by atoms with E-state index in [1.807, 2.05) is 24.4 Å². The van der Waals surface area contributed by atoms with E-state index in [1.165, 1.54) is 18.2 Å². The van der Waals surface area contributed by atoms with Crippen molar-refractivity contribution in [1.82, 2.24) is 14.9 Å². The number of carbonyl (C=O) groups is 1. The zero-order valence-corrected chi connectivity index (χ0v) is 25.5. The molecule has 0 aliphatic carbocycles. The molecule has 0 radical (unpaired) electrons. The molecule has 0 saturated carbocycles. The number of rotatable bonds is 8. The largest absolute Gasteiger partial charge is 0.497 e. The molecule has 0 spiro atoms. The van der Waals surface area contributed by atoms with Crippen LogP contribution in [0, 0.1) is 17.0 Å². The highest BCUT2D eigenvalue weighted by Crippen LogP contribution is 2.35. The molecular formula is C35H36F2N4O3. The van der Waals surface area contributed by atoms with E-state index in [1.54, 1.807) is 31.3 Å². The molecule has 1 saturated heterocycles. The highest BCUT2D eigenvalue weighted by Gasteiger charge is 2.33. The number of pyridine rings is 2. The third-order valence-corrected chi connectivity index (χ3v) is 8.75. The van der Waals surface area contributed by atoms with Crippen LogP contribution in [0.3, 0.4) is 0 Å². The van der Waals surface area contributed by atoms with E-state index < -0.39 is 11.6 Å². The number of hydrogen-bond donors (Lipinski definition) is 0. The number of ether oxygens (including phenoxy) is 2. The molecule has 44 heavy (non-hydrogen) atoms. The predicted octanol–water partition coefficient (Wildman–Crippen LogP) is 6.81. The van der Waals surface area contributed by atoms with Crippen LogP contribution < -0.4 is 14.4 Å². The molecule has 1 amide bonds. The van der Waals surface area contributed by atoms with E-state index in [4.69, 9.17) is 14.5 Å². The molecule has 2 aliphatic rings. The lowest BCUT2D eigenvalue weighted by Crippen LogP contribution is -2.37. The maximum atomic E-state index is 14.9. The standard InChI is InChI=1S/C35H36F2N4O3/c1-35(2)12-14-40(15-13-35)25-10-9-24(38-19-25)16-23-17-29(33-27(36)6-5-7-28(33)37)39-30-21-41(34(42)32(23)30)20-22-8-11-26(43-3)18-31(22)44-4/h5-11,17-19H,12-16,20-21H2,1-4H3. The van der Waals surface area contributed by atoms with Gasteiger partial charge in [-0.25, -0.2) is 13.8 Å². The molecule has 228 valence electrons. The van der Waals surface area contributed by atoms with Gasteiger partial charge in [0.15, 0.2) is 0 Å². The van der Waals surface area contributed by atoms with Gasteiger partial charge in [-0.2, -0.15) is 0 Å². The summed E-state index contributed by atoms with van der Waals surface area (Å²) in [6.07, 6.45) is 4.42. The van der Waals surface area contributed by atoms with Gasteiger partial charge < -0.3 is 19.3 Å². The Labute approximate surface area is 256 Å². The SMILES string of the molecule is COc1ccc(CN2Cc3nc(-c4c(F)cccc4F)cc(Cc4ccc(N5CCC(C)(C)CC5)cn4)c3C2=O)c(OC)c1. The van der Waals surface area contributed by atoms with Crippen LogP contribution in [-0.4, -0.2) is 48.1 Å². The molecule has 0 atom stereocenters. The van der Waals surface area contributed by atoms with Gasteiger partial charge in [-0.3, -0.25) is 9.78 Å². The third-order valence-electron chi connectivity index (χ3n) is 8.75. The summed E-state index contributed by atoms with van der Waals surface area (Å²) in [6, 6.07) is 14.8. The minimum Gasteiger partial charge on any atom is -0.497 e. The van der Waals surface area contributed by atoms with Crippen LogP contribution in [0.5, 0.6) is 11.5 Å². The molecule has 1 fully saturated rings. The topological polar surface area (TPSA) is 67.8 Å². The fourth-order valence-electron chi connectivity index (χ4n) is 6.04. The lowest BCUT2D eigenvalue weighted by Gasteiger charge is -2.38. The fourth-order valence-corrected chi connectivity index (χ4v) is 6.04. The number of carbonyl (C=O) groups excluding carboxylic acids is 1. The number of halogens is 2. The van der Waals surface area contributed by atoms with E-state index in [2.05, 4.69) is 29.8 Å². The number of benzene rings is 2. The fraction of sp³-hybridized carbons (Fsp3) is 0.343. The van der Waals surface area contributed by atoms with Crippen molar-refractivity contribution in [2.24, 2.45) is 5.41 Å². The van der Waals surface area contributed by atoms with Gasteiger partial charge in [-0.05, 0) is 66.3 Å². The van der Waals surface area contributed by atoms with Gasteiger partial charge in [0.1, 0.15) is 23.1 Å². The number of methoxy groups -OCH3 is 2. The normalized spacial score (nSPS) is 15.8. The van der Waals surface area contributed by atoms with Crippen LogP contribution in [0.1, 0.15) is 59.6 Å². The Balaban J connectivity index is 1.33. The highest BCUT2D eigenvalue weighted by atomic mass is 19.1. The lowest BCUT2D eigenvalue weighted by molar-refractivity contribution is 0.0764. The van der Waals surface area contributed by atoms with E-state index >= 15 is 0 Å². The number of anilines is 1. The summed E-state index contributed by atoms with van der Waals surface area (Å²) in [6.45, 7) is 7.02. The van der Waals surface area contributed by atoms with Crippen molar-refractivity contribution < 1.29 is 23.0 Å². The first kappa shape index (κ1) is 29.5. The van der Waals surface area contributed by atoms with Crippen LogP contribution in [0.15, 0.2) is 60.8 Å². The second-order valence-electron chi connectivity index (χ2n) is 12.3. The molecular weight excluding hydrogens is 562 g/mol. The molecule has 4 heterocycles. The maximum absolute atomic E-state index is 14.9. The number of nitrogens with zero attached hydrogens (tertiary/aromatic N) is 4. The van der Waals surface area contributed by atoms with E-state index in [0.29, 0.717) is 40.2 Å². The van der Waals surface area contributed by atoms with Gasteiger partial charge in [0.25, 0.3) is 5.91 Å². The molecule has 2 aromatic carbocycles. The van der Waals surface area contributed by atoms with Gasteiger partial charge in [-0.1, -0.05) is 19.9 Å². The Hall–Kier alpha value is -4.53. The van der Waals surface area contributed by atoms with E-state index in [-0.39, 0.29) is 30.3 Å². The second kappa shape index (κ2) is 11.9. The number of piperidine rings is 1. The summed E-state index contributed by atoms with van der Waals surface area (Å²) in [5, 5.41) is 0. The Morgan fingerprint density at radius 2 is 1.66 bits per heavy atom. The van der Waals surface area contributed by atoms with E-state index in [0.717, 1.165) is 42.9 Å². The van der Waals surface area contributed by atoms with Gasteiger partial charge in [-0.15, -0.1) is 0 Å². The predicted molar refractivity (Wildman–Crippen MR) is 165 cm³/mol. The minimum absolute atomic E-state index is 0.151. The maximum Gasteiger partial charge on any atom is 0.256 e. The average molecular weight is 599 g/mol. The molecule has 4 aromatic rings. The first-order valence-corrected chi connectivity index (χ1v) is 14.8. The van der Waals surface area contributed by atoms with Crippen molar-refractivity contribution in [1.29, 1.82) is 0 Å². The molecule has 2 aliphatic heterocycles. The number of aromatic nitrogens is 2. The average Bonchev–Trinajstić information content (AvgIpc) is 3.32. The molecule has 0 bridgehead atoms. The van der Waals surface area contributed by atoms with Crippen molar-refractivity contribution in [3.8, 4) is 22.8 Å². The summed E-state index contributed by atoms with van der Waals surface area (Å²) in [5.41, 5.74) is 4.45. The van der Waals surface area contributed by atoms with Crippen molar-refractivity contribution >= 4 is 11.6 Å². The van der Waals surface area contributed by atoms with Gasteiger partial charge in [0, 0.05) is 36.8 Å². The van der Waals surface area contributed by atoms with Gasteiger partial charge >= 0.3 is 0 Å². The van der Waals surface area contributed by atoms with Crippen LogP contribution in [-0.2, 0) is 19.5 Å². The Kier molecular flexibility index (Phi) is 7.97. The minimum atomic E-state index is -0.709. The van der Waals surface area contributed by atoms with Crippen molar-refractivity contribution in [3.63, 3.8) is 0 Å². The zero-order chi connectivity index (χ0) is 31.0. The summed E-state index contributed by atoms with van der Waals surface area (Å²) in [4.78, 5) is 27.3. The highest BCUT2D eigenvalue weighted by molar-refractivity contribution is 5.99. The van der Waals surface area contributed by atoms with E-state index in [9.17, 15) is 13.6 Å². The monoisotopic (exact) mass is 598 g/mol. The molecule has 2 aromatic heterocycles. The zero-order valence-electron chi connectivity index (χ0n) is 25.5. The van der Waals surface area contributed by atoms with Crippen LogP contribution in [0.2, 0.25) is 0 Å². The Morgan fingerprint density at radius 3 is 2.32 bits per heavy atom. The summed E-state index contributed by atoms with van der Waals surface area (Å²) < 4.78 is 40.7. The van der Waals surface area contributed by atoms with Crippen molar-refractivity contribution in [3.05, 3.63) is 101 Å². The lowest BCUT2D eigenvalue weighted by atomic mass is 9.82. The van der Waals surface area contributed by atoms with Crippen molar-refractivity contribution in [2.75, 3.05) is 32.2 Å². The first-order chi connectivity index (χ1) is 21.2. The summed E-state index contributed by atoms with van der Waals surface area (Å²) >= 11 is 0.